The van der Waals surface area contributed by atoms with Gasteiger partial charge in [-0.15, -0.1) is 5.10 Å². The van der Waals surface area contributed by atoms with E-state index in [1.54, 1.807) is 10.9 Å². The number of nitrogens with zero attached hydrogens (tertiary/aromatic N) is 3. The molecule has 1 aromatic heterocycles. The van der Waals surface area contributed by atoms with Crippen molar-refractivity contribution in [1.29, 1.82) is 0 Å². The van der Waals surface area contributed by atoms with Crippen molar-refractivity contribution in [2.45, 2.75) is 33.2 Å². The molecular weight excluding hydrogens is 194 g/mol. The summed E-state index contributed by atoms with van der Waals surface area (Å²) in [6, 6.07) is 0. The third-order valence-electron chi connectivity index (χ3n) is 2.01. The van der Waals surface area contributed by atoms with Crippen LogP contribution in [0.2, 0.25) is 0 Å². The van der Waals surface area contributed by atoms with E-state index in [1.165, 1.54) is 6.92 Å². The summed E-state index contributed by atoms with van der Waals surface area (Å²) in [7, 11) is 0. The van der Waals surface area contributed by atoms with Gasteiger partial charge < -0.3 is 4.74 Å². The Kier molecular flexibility index (Phi) is 4.97. The molecule has 0 fully saturated rings. The standard InChI is InChI=1S/C10H17N3O2/c1-3-4-6-15-7-5-13-8-10(9(2)14)11-12-13/h8H,3-7H2,1-2H3. The quantitative estimate of drug-likeness (QED) is 0.504. The Bertz CT molecular complexity index is 309. The summed E-state index contributed by atoms with van der Waals surface area (Å²) in [6.45, 7) is 5.64. The Hall–Kier alpha value is -1.23. The van der Waals surface area contributed by atoms with E-state index in [0.717, 1.165) is 19.4 Å². The maximum absolute atomic E-state index is 10.9. The number of carbonyl (C=O) groups is 1. The highest BCUT2D eigenvalue weighted by molar-refractivity contribution is 5.91. The van der Waals surface area contributed by atoms with Crippen LogP contribution < -0.4 is 0 Å². The van der Waals surface area contributed by atoms with Gasteiger partial charge in [0, 0.05) is 13.5 Å². The molecule has 15 heavy (non-hydrogen) atoms. The van der Waals surface area contributed by atoms with Crippen molar-refractivity contribution >= 4 is 5.78 Å². The Labute approximate surface area is 89.4 Å². The fourth-order valence-corrected chi connectivity index (χ4v) is 1.08. The summed E-state index contributed by atoms with van der Waals surface area (Å²) < 4.78 is 7.00. The summed E-state index contributed by atoms with van der Waals surface area (Å²) in [5.41, 5.74) is 0.406. The number of aromatic nitrogens is 3. The van der Waals surface area contributed by atoms with Crippen molar-refractivity contribution in [1.82, 2.24) is 15.0 Å². The lowest BCUT2D eigenvalue weighted by molar-refractivity contribution is 0.101. The highest BCUT2D eigenvalue weighted by Crippen LogP contribution is 1.94. The fraction of sp³-hybridized carbons (Fsp3) is 0.700. The SMILES string of the molecule is CCCCOCCn1cc(C(C)=O)nn1. The van der Waals surface area contributed by atoms with Gasteiger partial charge in [-0.3, -0.25) is 4.79 Å². The first-order valence-corrected chi connectivity index (χ1v) is 5.23. The lowest BCUT2D eigenvalue weighted by atomic mass is 10.3. The number of ketones is 1. The minimum Gasteiger partial charge on any atom is -0.380 e. The zero-order valence-electron chi connectivity index (χ0n) is 9.27. The predicted octanol–water partition coefficient (Wildman–Crippen LogP) is 1.30. The number of rotatable bonds is 7. The molecule has 0 aliphatic heterocycles. The Morgan fingerprint density at radius 1 is 1.53 bits per heavy atom. The second kappa shape index (κ2) is 6.29. The fourth-order valence-electron chi connectivity index (χ4n) is 1.08. The molecule has 0 aromatic carbocycles. The van der Waals surface area contributed by atoms with Crippen LogP contribution in [0.5, 0.6) is 0 Å². The minimum absolute atomic E-state index is 0.0619. The van der Waals surface area contributed by atoms with Crippen molar-refractivity contribution in [2.75, 3.05) is 13.2 Å². The van der Waals surface area contributed by atoms with Crippen LogP contribution in [0.4, 0.5) is 0 Å². The molecule has 0 aliphatic carbocycles. The first kappa shape index (κ1) is 11.8. The topological polar surface area (TPSA) is 57.0 Å². The first-order chi connectivity index (χ1) is 7.24. The maximum atomic E-state index is 10.9. The molecular formula is C10H17N3O2. The maximum Gasteiger partial charge on any atom is 0.181 e. The summed E-state index contributed by atoms with van der Waals surface area (Å²) in [5.74, 6) is -0.0619. The average Bonchev–Trinajstić information content (AvgIpc) is 2.66. The summed E-state index contributed by atoms with van der Waals surface area (Å²) in [4.78, 5) is 10.9. The van der Waals surface area contributed by atoms with Crippen LogP contribution in [0, 0.1) is 0 Å². The van der Waals surface area contributed by atoms with Crippen molar-refractivity contribution in [3.8, 4) is 0 Å². The molecule has 1 rings (SSSR count). The summed E-state index contributed by atoms with van der Waals surface area (Å²) >= 11 is 0. The van der Waals surface area contributed by atoms with Crippen LogP contribution in [0.1, 0.15) is 37.2 Å². The lowest BCUT2D eigenvalue weighted by Crippen LogP contribution is -2.07. The number of Topliss-reactive ketones (excluding diaryl/α,β-unsaturated/α-hetero) is 1. The number of unbranched alkanes of at least 4 members (excludes halogenated alkanes) is 1. The molecule has 0 bridgehead atoms. The van der Waals surface area contributed by atoms with Gasteiger partial charge in [0.25, 0.3) is 0 Å². The highest BCUT2D eigenvalue weighted by atomic mass is 16.5. The zero-order valence-corrected chi connectivity index (χ0v) is 9.27. The van der Waals surface area contributed by atoms with E-state index in [0.29, 0.717) is 18.8 Å². The van der Waals surface area contributed by atoms with Gasteiger partial charge in [-0.1, -0.05) is 18.6 Å². The van der Waals surface area contributed by atoms with Gasteiger partial charge in [0.05, 0.1) is 19.3 Å². The van der Waals surface area contributed by atoms with E-state index in [1.807, 2.05) is 0 Å². The Balaban J connectivity index is 2.23. The molecule has 0 N–H and O–H groups in total. The van der Waals surface area contributed by atoms with Crippen LogP contribution in [-0.4, -0.2) is 34.0 Å². The second-order valence-electron chi connectivity index (χ2n) is 3.39. The largest absolute Gasteiger partial charge is 0.380 e. The lowest BCUT2D eigenvalue weighted by Gasteiger charge is -2.02. The van der Waals surface area contributed by atoms with Gasteiger partial charge in [-0.2, -0.15) is 0 Å². The van der Waals surface area contributed by atoms with Crippen LogP contribution in [0.3, 0.4) is 0 Å². The van der Waals surface area contributed by atoms with E-state index in [9.17, 15) is 4.79 Å². The minimum atomic E-state index is -0.0619. The molecule has 0 saturated carbocycles. The molecule has 0 unspecified atom stereocenters. The molecule has 5 heteroatoms. The van der Waals surface area contributed by atoms with Gasteiger partial charge in [0.2, 0.25) is 0 Å². The van der Waals surface area contributed by atoms with Crippen molar-refractivity contribution in [3.05, 3.63) is 11.9 Å². The normalized spacial score (nSPS) is 10.5. The molecule has 0 amide bonds. The Morgan fingerprint density at radius 2 is 2.33 bits per heavy atom. The second-order valence-corrected chi connectivity index (χ2v) is 3.39. The molecule has 0 spiro atoms. The molecule has 0 saturated heterocycles. The number of ether oxygens (including phenoxy) is 1. The van der Waals surface area contributed by atoms with E-state index in [4.69, 9.17) is 4.74 Å². The van der Waals surface area contributed by atoms with Crippen LogP contribution in [-0.2, 0) is 11.3 Å². The van der Waals surface area contributed by atoms with Crippen molar-refractivity contribution in [3.63, 3.8) is 0 Å². The van der Waals surface area contributed by atoms with Crippen molar-refractivity contribution < 1.29 is 9.53 Å². The number of hydrogen-bond acceptors (Lipinski definition) is 4. The number of carbonyl (C=O) groups excluding carboxylic acids is 1. The van der Waals surface area contributed by atoms with E-state index < -0.39 is 0 Å². The Morgan fingerprint density at radius 3 is 2.93 bits per heavy atom. The van der Waals surface area contributed by atoms with Gasteiger partial charge >= 0.3 is 0 Å². The van der Waals surface area contributed by atoms with Crippen LogP contribution >= 0.6 is 0 Å². The molecule has 84 valence electrons. The molecule has 0 aliphatic rings. The van der Waals surface area contributed by atoms with E-state index in [-0.39, 0.29) is 5.78 Å². The zero-order chi connectivity index (χ0) is 11.1. The molecule has 0 atom stereocenters. The molecule has 5 nitrogen and oxygen atoms in total. The van der Waals surface area contributed by atoms with Crippen LogP contribution in [0.25, 0.3) is 0 Å². The predicted molar refractivity (Wildman–Crippen MR) is 55.8 cm³/mol. The number of hydrogen-bond donors (Lipinski definition) is 0. The van der Waals surface area contributed by atoms with Gasteiger partial charge in [-0.05, 0) is 6.42 Å². The smallest absolute Gasteiger partial charge is 0.181 e. The average molecular weight is 211 g/mol. The van der Waals surface area contributed by atoms with Crippen LogP contribution in [0.15, 0.2) is 6.20 Å². The third-order valence-corrected chi connectivity index (χ3v) is 2.01. The van der Waals surface area contributed by atoms with E-state index in [2.05, 4.69) is 17.2 Å². The molecule has 1 heterocycles. The first-order valence-electron chi connectivity index (χ1n) is 5.23. The monoisotopic (exact) mass is 211 g/mol. The summed E-state index contributed by atoms with van der Waals surface area (Å²) in [6.07, 6.45) is 3.86. The molecule has 1 aromatic rings. The molecule has 0 radical (unpaired) electrons. The summed E-state index contributed by atoms with van der Waals surface area (Å²) in [5, 5.41) is 7.56. The van der Waals surface area contributed by atoms with Gasteiger partial charge in [-0.25, -0.2) is 4.68 Å². The van der Waals surface area contributed by atoms with Gasteiger partial charge in [0.1, 0.15) is 5.69 Å². The third kappa shape index (κ3) is 4.20. The van der Waals surface area contributed by atoms with Gasteiger partial charge in [0.15, 0.2) is 5.78 Å². The van der Waals surface area contributed by atoms with E-state index >= 15 is 0 Å². The van der Waals surface area contributed by atoms with Crippen molar-refractivity contribution in [2.24, 2.45) is 0 Å². The highest BCUT2D eigenvalue weighted by Gasteiger charge is 2.04.